The van der Waals surface area contributed by atoms with Crippen molar-refractivity contribution in [2.24, 2.45) is 0 Å². The molecule has 0 bridgehead atoms. The SMILES string of the molecule is Cc1cc(NC(=O)c2ccc([N+](=O)[O-])c(O)c2)ncc1Br. The van der Waals surface area contributed by atoms with E-state index in [2.05, 4.69) is 26.2 Å². The number of halogens is 1. The van der Waals surface area contributed by atoms with E-state index in [0.717, 1.165) is 22.2 Å². The van der Waals surface area contributed by atoms with Gasteiger partial charge in [0.25, 0.3) is 5.91 Å². The number of carbonyl (C=O) groups excluding carboxylic acids is 1. The number of hydrogen-bond acceptors (Lipinski definition) is 5. The van der Waals surface area contributed by atoms with E-state index >= 15 is 0 Å². The number of aryl methyl sites for hydroxylation is 1. The highest BCUT2D eigenvalue weighted by molar-refractivity contribution is 9.10. The topological polar surface area (TPSA) is 105 Å². The van der Waals surface area contributed by atoms with Gasteiger partial charge in [0.05, 0.1) is 4.92 Å². The number of aromatic hydroxyl groups is 1. The van der Waals surface area contributed by atoms with Crippen molar-refractivity contribution in [1.82, 2.24) is 4.98 Å². The van der Waals surface area contributed by atoms with Crippen LogP contribution in [0.25, 0.3) is 0 Å². The quantitative estimate of drug-likeness (QED) is 0.653. The Bertz CT molecular complexity index is 733. The van der Waals surface area contributed by atoms with Crippen molar-refractivity contribution in [3.05, 3.63) is 56.2 Å². The Morgan fingerprint density at radius 3 is 2.71 bits per heavy atom. The number of phenolic OH excluding ortho intramolecular Hbond substituents is 1. The molecule has 1 amide bonds. The minimum absolute atomic E-state index is 0.0977. The Kier molecular flexibility index (Phi) is 4.18. The molecule has 0 unspecified atom stereocenters. The summed E-state index contributed by atoms with van der Waals surface area (Å²) in [5, 5.41) is 22.7. The third-order valence-electron chi connectivity index (χ3n) is 2.72. The average Bonchev–Trinajstić information content (AvgIpc) is 2.42. The normalized spacial score (nSPS) is 10.2. The third-order valence-corrected chi connectivity index (χ3v) is 3.55. The van der Waals surface area contributed by atoms with E-state index in [1.807, 2.05) is 6.92 Å². The van der Waals surface area contributed by atoms with Gasteiger partial charge in [0.1, 0.15) is 5.82 Å². The molecule has 7 nitrogen and oxygen atoms in total. The van der Waals surface area contributed by atoms with Gasteiger partial charge in [0.2, 0.25) is 0 Å². The summed E-state index contributed by atoms with van der Waals surface area (Å²) in [6.07, 6.45) is 1.55. The van der Waals surface area contributed by atoms with E-state index in [-0.39, 0.29) is 5.56 Å². The number of rotatable bonds is 3. The van der Waals surface area contributed by atoms with Crippen LogP contribution in [0, 0.1) is 17.0 Å². The second-order valence-electron chi connectivity index (χ2n) is 4.23. The molecule has 21 heavy (non-hydrogen) atoms. The molecular weight excluding hydrogens is 342 g/mol. The lowest BCUT2D eigenvalue weighted by Crippen LogP contribution is -2.13. The minimum Gasteiger partial charge on any atom is -0.502 e. The van der Waals surface area contributed by atoms with Gasteiger partial charge in [-0.1, -0.05) is 0 Å². The van der Waals surface area contributed by atoms with Crippen molar-refractivity contribution >= 4 is 33.3 Å². The molecule has 2 rings (SSSR count). The van der Waals surface area contributed by atoms with Crippen LogP contribution >= 0.6 is 15.9 Å². The number of benzene rings is 1. The average molecular weight is 352 g/mol. The zero-order chi connectivity index (χ0) is 15.6. The summed E-state index contributed by atoms with van der Waals surface area (Å²) in [6.45, 7) is 1.85. The first-order valence-electron chi connectivity index (χ1n) is 5.79. The van der Waals surface area contributed by atoms with E-state index in [4.69, 9.17) is 0 Å². The molecule has 2 aromatic rings. The van der Waals surface area contributed by atoms with Crippen LogP contribution in [-0.2, 0) is 0 Å². The fourth-order valence-electron chi connectivity index (χ4n) is 1.62. The number of nitrogens with one attached hydrogen (secondary N) is 1. The van der Waals surface area contributed by atoms with E-state index < -0.39 is 22.3 Å². The van der Waals surface area contributed by atoms with Crippen LogP contribution in [0.2, 0.25) is 0 Å². The summed E-state index contributed by atoms with van der Waals surface area (Å²) in [4.78, 5) is 25.9. The fourth-order valence-corrected chi connectivity index (χ4v) is 1.83. The molecule has 0 aliphatic carbocycles. The summed E-state index contributed by atoms with van der Waals surface area (Å²) in [6, 6.07) is 5.05. The number of hydrogen-bond donors (Lipinski definition) is 2. The van der Waals surface area contributed by atoms with Gasteiger partial charge in [0, 0.05) is 22.3 Å². The molecule has 0 aliphatic heterocycles. The van der Waals surface area contributed by atoms with Crippen LogP contribution in [0.5, 0.6) is 5.75 Å². The molecular formula is C13H10BrN3O4. The van der Waals surface area contributed by atoms with E-state index in [1.54, 1.807) is 12.3 Å². The Labute approximate surface area is 127 Å². The van der Waals surface area contributed by atoms with Gasteiger partial charge in [0.15, 0.2) is 5.75 Å². The maximum atomic E-state index is 12.0. The van der Waals surface area contributed by atoms with Gasteiger partial charge in [-0.05, 0) is 46.6 Å². The molecule has 0 saturated carbocycles. The summed E-state index contributed by atoms with van der Waals surface area (Å²) in [5.74, 6) is -0.736. The predicted molar refractivity (Wildman–Crippen MR) is 79.4 cm³/mol. The molecule has 1 heterocycles. The maximum absolute atomic E-state index is 12.0. The molecule has 0 spiro atoms. The van der Waals surface area contributed by atoms with Gasteiger partial charge >= 0.3 is 5.69 Å². The highest BCUT2D eigenvalue weighted by atomic mass is 79.9. The number of nitro groups is 1. The Morgan fingerprint density at radius 2 is 2.14 bits per heavy atom. The van der Waals surface area contributed by atoms with E-state index in [0.29, 0.717) is 5.82 Å². The second kappa shape index (κ2) is 5.88. The number of nitrogens with zero attached hydrogens (tertiary/aromatic N) is 2. The minimum atomic E-state index is -0.726. The number of pyridine rings is 1. The van der Waals surface area contributed by atoms with Gasteiger partial charge in [-0.15, -0.1) is 0 Å². The first kappa shape index (κ1) is 14.9. The van der Waals surface area contributed by atoms with Crippen molar-refractivity contribution in [3.8, 4) is 5.75 Å². The highest BCUT2D eigenvalue weighted by Gasteiger charge is 2.16. The van der Waals surface area contributed by atoms with Crippen molar-refractivity contribution in [2.75, 3.05) is 5.32 Å². The smallest absolute Gasteiger partial charge is 0.310 e. The van der Waals surface area contributed by atoms with Crippen LogP contribution < -0.4 is 5.32 Å². The summed E-state index contributed by atoms with van der Waals surface area (Å²) < 4.78 is 0.813. The first-order valence-corrected chi connectivity index (χ1v) is 6.58. The van der Waals surface area contributed by atoms with Crippen molar-refractivity contribution in [3.63, 3.8) is 0 Å². The van der Waals surface area contributed by atoms with Crippen LogP contribution in [0.4, 0.5) is 11.5 Å². The number of carbonyl (C=O) groups is 1. The Morgan fingerprint density at radius 1 is 1.43 bits per heavy atom. The third kappa shape index (κ3) is 3.34. The van der Waals surface area contributed by atoms with Gasteiger partial charge in [-0.25, -0.2) is 4.98 Å². The van der Waals surface area contributed by atoms with Gasteiger partial charge < -0.3 is 10.4 Å². The molecule has 1 aromatic heterocycles. The fraction of sp³-hybridized carbons (Fsp3) is 0.0769. The molecule has 2 N–H and O–H groups in total. The number of anilines is 1. The number of nitro benzene ring substituents is 1. The standard InChI is InChI=1S/C13H10BrN3O4/c1-7-4-12(15-6-9(7)14)16-13(19)8-2-3-10(17(20)21)11(18)5-8/h2-6,18H,1H3,(H,15,16,19). The highest BCUT2D eigenvalue weighted by Crippen LogP contribution is 2.26. The summed E-state index contributed by atoms with van der Waals surface area (Å²) in [5.41, 5.74) is 0.538. The second-order valence-corrected chi connectivity index (χ2v) is 5.09. The Balaban J connectivity index is 2.22. The predicted octanol–water partition coefficient (Wildman–Crippen LogP) is 3.02. The molecule has 0 saturated heterocycles. The molecule has 0 radical (unpaired) electrons. The van der Waals surface area contributed by atoms with Crippen molar-refractivity contribution in [1.29, 1.82) is 0 Å². The Hall–Kier alpha value is -2.48. The molecule has 8 heteroatoms. The summed E-state index contributed by atoms with van der Waals surface area (Å²) in [7, 11) is 0. The zero-order valence-corrected chi connectivity index (χ0v) is 12.4. The largest absolute Gasteiger partial charge is 0.502 e. The monoisotopic (exact) mass is 351 g/mol. The van der Waals surface area contributed by atoms with E-state index in [9.17, 15) is 20.0 Å². The van der Waals surface area contributed by atoms with E-state index in [1.165, 1.54) is 6.07 Å². The zero-order valence-electron chi connectivity index (χ0n) is 10.8. The number of amides is 1. The van der Waals surface area contributed by atoms with Crippen molar-refractivity contribution in [2.45, 2.75) is 6.92 Å². The lowest BCUT2D eigenvalue weighted by atomic mass is 10.1. The molecule has 1 aromatic carbocycles. The lowest BCUT2D eigenvalue weighted by molar-refractivity contribution is -0.385. The molecule has 0 fully saturated rings. The number of aromatic nitrogens is 1. The van der Waals surface area contributed by atoms with Crippen LogP contribution in [-0.4, -0.2) is 20.9 Å². The van der Waals surface area contributed by atoms with Gasteiger partial charge in [-0.2, -0.15) is 0 Å². The maximum Gasteiger partial charge on any atom is 0.310 e. The summed E-state index contributed by atoms with van der Waals surface area (Å²) >= 11 is 3.30. The molecule has 0 aliphatic rings. The molecule has 0 atom stereocenters. The van der Waals surface area contributed by atoms with Crippen molar-refractivity contribution < 1.29 is 14.8 Å². The van der Waals surface area contributed by atoms with Crippen LogP contribution in [0.3, 0.4) is 0 Å². The lowest BCUT2D eigenvalue weighted by Gasteiger charge is -2.06. The molecule has 108 valence electrons. The number of phenols is 1. The van der Waals surface area contributed by atoms with Crippen LogP contribution in [0.15, 0.2) is 34.9 Å². The van der Waals surface area contributed by atoms with Gasteiger partial charge in [-0.3, -0.25) is 14.9 Å². The van der Waals surface area contributed by atoms with Crippen LogP contribution in [0.1, 0.15) is 15.9 Å². The first-order chi connectivity index (χ1) is 9.88.